The minimum absolute atomic E-state index is 0.234. The van der Waals surface area contributed by atoms with Gasteiger partial charge in [0.1, 0.15) is 6.23 Å². The average molecular weight is 414 g/mol. The number of hydrogen-bond acceptors (Lipinski definition) is 3. The predicted molar refractivity (Wildman–Crippen MR) is 115 cm³/mol. The highest BCUT2D eigenvalue weighted by molar-refractivity contribution is 7.99. The highest BCUT2D eigenvalue weighted by Crippen LogP contribution is 2.37. The molecule has 1 heterocycles. The van der Waals surface area contributed by atoms with Gasteiger partial charge in [-0.3, -0.25) is 0 Å². The van der Waals surface area contributed by atoms with Crippen molar-refractivity contribution < 1.29 is 4.74 Å². The van der Waals surface area contributed by atoms with E-state index in [0.29, 0.717) is 16.7 Å². The Bertz CT molecular complexity index is 955. The first-order valence-electron chi connectivity index (χ1n) is 8.56. The average Bonchev–Trinajstić information content (AvgIpc) is 2.68. The van der Waals surface area contributed by atoms with E-state index in [1.165, 1.54) is 15.4 Å². The van der Waals surface area contributed by atoms with E-state index in [-0.39, 0.29) is 6.23 Å². The number of halogens is 2. The molecule has 0 amide bonds. The molecule has 1 aliphatic heterocycles. The van der Waals surface area contributed by atoms with Gasteiger partial charge in [-0.2, -0.15) is 0 Å². The minimum atomic E-state index is -0.234. The molecular formula is C22H17Cl2NOS. The molecule has 0 spiro atoms. The lowest BCUT2D eigenvalue weighted by molar-refractivity contribution is 0.0897. The Morgan fingerprint density at radius 3 is 2.41 bits per heavy atom. The summed E-state index contributed by atoms with van der Waals surface area (Å²) in [4.78, 5) is 2.42. The third-order valence-electron chi connectivity index (χ3n) is 4.24. The third kappa shape index (κ3) is 4.33. The molecule has 0 aliphatic carbocycles. The van der Waals surface area contributed by atoms with Crippen LogP contribution < -0.4 is 5.32 Å². The second-order valence-electron chi connectivity index (χ2n) is 6.07. The van der Waals surface area contributed by atoms with Crippen molar-refractivity contribution >= 4 is 46.7 Å². The molecule has 1 aliphatic rings. The molecule has 0 fully saturated rings. The summed E-state index contributed by atoms with van der Waals surface area (Å²) in [5.41, 5.74) is 3.02. The van der Waals surface area contributed by atoms with Crippen LogP contribution in [0.1, 0.15) is 11.1 Å². The topological polar surface area (TPSA) is 21.3 Å². The monoisotopic (exact) mass is 413 g/mol. The van der Waals surface area contributed by atoms with Gasteiger partial charge in [-0.1, -0.05) is 71.4 Å². The fraction of sp³-hybridized carbons (Fsp3) is 0.0909. The number of rotatable bonds is 5. The van der Waals surface area contributed by atoms with Gasteiger partial charge < -0.3 is 10.1 Å². The largest absolute Gasteiger partial charge is 0.356 e. The lowest BCUT2D eigenvalue weighted by Crippen LogP contribution is -2.23. The van der Waals surface area contributed by atoms with Gasteiger partial charge in [0.15, 0.2) is 0 Å². The SMILES string of the molecule is Clc1cccc(Cl)c1COC1C=Cc2c(cccc2Sc2ccccc2)N1. The van der Waals surface area contributed by atoms with E-state index >= 15 is 0 Å². The van der Waals surface area contributed by atoms with Crippen molar-refractivity contribution in [3.8, 4) is 0 Å². The number of benzene rings is 3. The molecule has 3 aromatic carbocycles. The van der Waals surface area contributed by atoms with Gasteiger partial charge in [0, 0.05) is 36.7 Å². The molecule has 5 heteroatoms. The van der Waals surface area contributed by atoms with E-state index in [1.807, 2.05) is 30.3 Å². The van der Waals surface area contributed by atoms with E-state index < -0.39 is 0 Å². The molecule has 0 aromatic heterocycles. The lowest BCUT2D eigenvalue weighted by atomic mass is 10.1. The van der Waals surface area contributed by atoms with E-state index in [4.69, 9.17) is 27.9 Å². The van der Waals surface area contributed by atoms with Crippen LogP contribution in [0.2, 0.25) is 10.0 Å². The third-order valence-corrected chi connectivity index (χ3v) is 6.03. The highest BCUT2D eigenvalue weighted by atomic mass is 35.5. The van der Waals surface area contributed by atoms with Gasteiger partial charge in [0.2, 0.25) is 0 Å². The van der Waals surface area contributed by atoms with Gasteiger partial charge in [-0.25, -0.2) is 0 Å². The number of ether oxygens (including phenoxy) is 1. The molecule has 27 heavy (non-hydrogen) atoms. The quantitative estimate of drug-likeness (QED) is 0.480. The van der Waals surface area contributed by atoms with Crippen molar-refractivity contribution in [2.24, 2.45) is 0 Å². The zero-order chi connectivity index (χ0) is 18.6. The normalized spacial score (nSPS) is 15.3. The Balaban J connectivity index is 1.48. The maximum Gasteiger partial charge on any atom is 0.147 e. The van der Waals surface area contributed by atoms with Crippen molar-refractivity contribution in [1.29, 1.82) is 0 Å². The molecule has 3 aromatic rings. The number of anilines is 1. The molecule has 1 atom stereocenters. The lowest BCUT2D eigenvalue weighted by Gasteiger charge is -2.24. The molecule has 4 rings (SSSR count). The van der Waals surface area contributed by atoms with Crippen LogP contribution in [0, 0.1) is 0 Å². The first-order valence-corrected chi connectivity index (χ1v) is 10.1. The van der Waals surface area contributed by atoms with Crippen molar-refractivity contribution in [3.05, 3.63) is 94.0 Å². The second-order valence-corrected chi connectivity index (χ2v) is 8.00. The smallest absolute Gasteiger partial charge is 0.147 e. The summed E-state index contributed by atoms with van der Waals surface area (Å²) in [5, 5.41) is 4.65. The van der Waals surface area contributed by atoms with Gasteiger partial charge in [0.05, 0.1) is 6.61 Å². The predicted octanol–water partition coefficient (Wildman–Crippen LogP) is 7.13. The zero-order valence-corrected chi connectivity index (χ0v) is 16.7. The summed E-state index contributed by atoms with van der Waals surface area (Å²) in [7, 11) is 0. The summed E-state index contributed by atoms with van der Waals surface area (Å²) in [6.07, 6.45) is 3.89. The van der Waals surface area contributed by atoms with Gasteiger partial charge in [0.25, 0.3) is 0 Å². The summed E-state index contributed by atoms with van der Waals surface area (Å²) < 4.78 is 5.97. The number of nitrogens with one attached hydrogen (secondary N) is 1. The molecule has 136 valence electrons. The summed E-state index contributed by atoms with van der Waals surface area (Å²) in [6.45, 7) is 0.342. The van der Waals surface area contributed by atoms with E-state index in [9.17, 15) is 0 Å². The Labute approximate surface area is 173 Å². The fourth-order valence-corrected chi connectivity index (χ4v) is 4.36. The second kappa shape index (κ2) is 8.41. The Kier molecular flexibility index (Phi) is 5.74. The maximum atomic E-state index is 6.22. The van der Waals surface area contributed by atoms with Crippen LogP contribution in [0.25, 0.3) is 6.08 Å². The van der Waals surface area contributed by atoms with Crippen LogP contribution in [0.5, 0.6) is 0 Å². The first kappa shape index (κ1) is 18.5. The minimum Gasteiger partial charge on any atom is -0.356 e. The van der Waals surface area contributed by atoms with Crippen molar-refractivity contribution in [1.82, 2.24) is 0 Å². The van der Waals surface area contributed by atoms with E-state index in [2.05, 4.69) is 53.9 Å². The van der Waals surface area contributed by atoms with Crippen LogP contribution in [0.3, 0.4) is 0 Å². The van der Waals surface area contributed by atoms with Crippen LogP contribution in [-0.2, 0) is 11.3 Å². The maximum absolute atomic E-state index is 6.22. The molecule has 1 unspecified atom stereocenters. The van der Waals surface area contributed by atoms with E-state index in [1.54, 1.807) is 11.8 Å². The molecule has 2 nitrogen and oxygen atoms in total. The van der Waals surface area contributed by atoms with Crippen LogP contribution >= 0.6 is 35.0 Å². The van der Waals surface area contributed by atoms with Crippen LogP contribution in [-0.4, -0.2) is 6.23 Å². The van der Waals surface area contributed by atoms with Crippen molar-refractivity contribution in [2.75, 3.05) is 5.32 Å². The standard InChI is InChI=1S/C22H17Cl2NOS/c23-18-8-4-9-19(24)17(18)14-26-22-13-12-16-20(25-22)10-5-11-21(16)27-15-6-2-1-3-7-15/h1-13,22,25H,14H2. The van der Waals surface area contributed by atoms with Gasteiger partial charge in [-0.05, 0) is 42.5 Å². The zero-order valence-electron chi connectivity index (χ0n) is 14.4. The molecule has 0 saturated heterocycles. The van der Waals surface area contributed by atoms with Crippen LogP contribution in [0.15, 0.2) is 82.6 Å². The van der Waals surface area contributed by atoms with Crippen LogP contribution in [0.4, 0.5) is 5.69 Å². The Morgan fingerprint density at radius 1 is 0.889 bits per heavy atom. The number of hydrogen-bond donors (Lipinski definition) is 1. The summed E-state index contributed by atoms with van der Waals surface area (Å²) >= 11 is 14.2. The molecule has 0 bridgehead atoms. The number of fused-ring (bicyclic) bond motifs is 1. The Hall–Kier alpha value is -1.91. The Morgan fingerprint density at radius 2 is 1.63 bits per heavy atom. The van der Waals surface area contributed by atoms with Crippen molar-refractivity contribution in [2.45, 2.75) is 22.6 Å². The highest BCUT2D eigenvalue weighted by Gasteiger charge is 2.17. The molecule has 0 saturated carbocycles. The van der Waals surface area contributed by atoms with Gasteiger partial charge in [-0.15, -0.1) is 0 Å². The summed E-state index contributed by atoms with van der Waals surface area (Å²) in [5.74, 6) is 0. The molecule has 1 N–H and O–H groups in total. The van der Waals surface area contributed by atoms with Gasteiger partial charge >= 0.3 is 0 Å². The fourth-order valence-electron chi connectivity index (χ4n) is 2.87. The first-order chi connectivity index (χ1) is 13.2. The summed E-state index contributed by atoms with van der Waals surface area (Å²) in [6, 6.07) is 22.1. The molecular weight excluding hydrogens is 397 g/mol. The van der Waals surface area contributed by atoms with E-state index in [0.717, 1.165) is 11.3 Å². The molecule has 0 radical (unpaired) electrons. The van der Waals surface area contributed by atoms with Crippen molar-refractivity contribution in [3.63, 3.8) is 0 Å².